The van der Waals surface area contributed by atoms with Gasteiger partial charge < -0.3 is 10.6 Å². The number of halogens is 2. The van der Waals surface area contributed by atoms with Crippen molar-refractivity contribution in [1.82, 2.24) is 15.5 Å². The lowest BCUT2D eigenvalue weighted by atomic mass is 9.92. The molecule has 2 N–H and O–H groups in total. The van der Waals surface area contributed by atoms with Gasteiger partial charge in [0.25, 0.3) is 5.91 Å². The number of hydrogen-bond acceptors (Lipinski definition) is 3. The maximum absolute atomic E-state index is 12.6. The van der Waals surface area contributed by atoms with Crippen molar-refractivity contribution in [1.29, 1.82) is 0 Å². The predicted molar refractivity (Wildman–Crippen MR) is 87.3 cm³/mol. The molecule has 4 amide bonds. The Balaban J connectivity index is 2.26. The highest BCUT2D eigenvalue weighted by molar-refractivity contribution is 6.35. The quantitative estimate of drug-likeness (QED) is 0.626. The van der Waals surface area contributed by atoms with Gasteiger partial charge in [0.05, 0.1) is 0 Å². The molecule has 0 saturated carbocycles. The van der Waals surface area contributed by atoms with Gasteiger partial charge in [0.1, 0.15) is 12.1 Å². The maximum Gasteiger partial charge on any atom is 0.325 e. The molecular formula is C15H15Cl2N3O3. The molecule has 0 radical (unpaired) electrons. The molecule has 8 heteroatoms. The molecule has 1 fully saturated rings. The molecule has 1 aromatic carbocycles. The Kier molecular flexibility index (Phi) is 4.97. The van der Waals surface area contributed by atoms with Crippen molar-refractivity contribution in [2.75, 3.05) is 13.1 Å². The average Bonchev–Trinajstić information content (AvgIpc) is 2.69. The molecule has 0 aromatic heterocycles. The van der Waals surface area contributed by atoms with Gasteiger partial charge in [0.2, 0.25) is 5.91 Å². The second kappa shape index (κ2) is 6.60. The van der Waals surface area contributed by atoms with E-state index in [2.05, 4.69) is 17.2 Å². The molecule has 1 atom stereocenters. The van der Waals surface area contributed by atoms with Gasteiger partial charge in [0.15, 0.2) is 0 Å². The van der Waals surface area contributed by atoms with E-state index in [0.717, 1.165) is 4.90 Å². The summed E-state index contributed by atoms with van der Waals surface area (Å²) >= 11 is 12.0. The molecule has 1 aliphatic rings. The molecule has 6 nitrogen and oxygen atoms in total. The fourth-order valence-electron chi connectivity index (χ4n) is 2.30. The maximum atomic E-state index is 12.6. The first kappa shape index (κ1) is 17.3. The minimum atomic E-state index is -1.35. The van der Waals surface area contributed by atoms with E-state index in [0.29, 0.717) is 10.6 Å². The van der Waals surface area contributed by atoms with Crippen molar-refractivity contribution in [3.63, 3.8) is 0 Å². The summed E-state index contributed by atoms with van der Waals surface area (Å²) in [5.74, 6) is -1.01. The van der Waals surface area contributed by atoms with Gasteiger partial charge in [-0.05, 0) is 19.1 Å². The Morgan fingerprint density at radius 3 is 2.74 bits per heavy atom. The summed E-state index contributed by atoms with van der Waals surface area (Å²) in [7, 11) is 0. The van der Waals surface area contributed by atoms with Crippen LogP contribution in [0.15, 0.2) is 30.9 Å². The summed E-state index contributed by atoms with van der Waals surface area (Å²) in [6.45, 7) is 4.88. The standard InChI is InChI=1S/C15H15Cl2N3O3/c1-3-6-18-12(21)8-20-13(22)15(2,19-14(20)23)10-5-4-9(16)7-11(10)17/h3-5,7H,1,6,8H2,2H3,(H,18,21)(H,19,23)/t15-/m0/s1. The first-order valence-corrected chi connectivity index (χ1v) is 7.52. The molecule has 0 unspecified atom stereocenters. The zero-order valence-corrected chi connectivity index (χ0v) is 13.9. The summed E-state index contributed by atoms with van der Waals surface area (Å²) in [5, 5.41) is 5.76. The summed E-state index contributed by atoms with van der Waals surface area (Å²) in [6.07, 6.45) is 1.50. The van der Waals surface area contributed by atoms with Crippen LogP contribution in [-0.4, -0.2) is 35.8 Å². The molecule has 1 heterocycles. The van der Waals surface area contributed by atoms with E-state index < -0.39 is 23.4 Å². The third-order valence-electron chi connectivity index (χ3n) is 3.49. The number of urea groups is 1. The van der Waals surface area contributed by atoms with E-state index in [4.69, 9.17) is 23.2 Å². The van der Waals surface area contributed by atoms with Crippen LogP contribution >= 0.6 is 23.2 Å². The highest BCUT2D eigenvalue weighted by atomic mass is 35.5. The Bertz CT molecular complexity index is 693. The monoisotopic (exact) mass is 355 g/mol. The molecule has 1 aromatic rings. The van der Waals surface area contributed by atoms with Crippen LogP contribution in [0.5, 0.6) is 0 Å². The highest BCUT2D eigenvalue weighted by Crippen LogP contribution is 2.34. The van der Waals surface area contributed by atoms with Gasteiger partial charge in [-0.15, -0.1) is 6.58 Å². The molecule has 0 aliphatic carbocycles. The third kappa shape index (κ3) is 3.33. The highest BCUT2D eigenvalue weighted by Gasteiger charge is 2.50. The van der Waals surface area contributed by atoms with Gasteiger partial charge in [0, 0.05) is 22.2 Å². The smallest absolute Gasteiger partial charge is 0.325 e. The van der Waals surface area contributed by atoms with E-state index in [1.54, 1.807) is 12.1 Å². The first-order valence-electron chi connectivity index (χ1n) is 6.77. The van der Waals surface area contributed by atoms with Crippen LogP contribution in [0.4, 0.5) is 4.79 Å². The zero-order valence-electron chi connectivity index (χ0n) is 12.4. The third-order valence-corrected chi connectivity index (χ3v) is 4.04. The summed E-state index contributed by atoms with van der Waals surface area (Å²) in [6, 6.07) is 3.98. The van der Waals surface area contributed by atoms with Crippen molar-refractivity contribution in [2.45, 2.75) is 12.5 Å². The van der Waals surface area contributed by atoms with Gasteiger partial charge >= 0.3 is 6.03 Å². The van der Waals surface area contributed by atoms with Crippen molar-refractivity contribution in [3.8, 4) is 0 Å². The zero-order chi connectivity index (χ0) is 17.2. The Labute approximate surface area is 143 Å². The topological polar surface area (TPSA) is 78.5 Å². The van der Waals surface area contributed by atoms with Gasteiger partial charge in [-0.2, -0.15) is 0 Å². The summed E-state index contributed by atoms with van der Waals surface area (Å²) in [4.78, 5) is 37.3. The van der Waals surface area contributed by atoms with Gasteiger partial charge in [-0.25, -0.2) is 4.79 Å². The second-order valence-corrected chi connectivity index (χ2v) is 6.01. The van der Waals surface area contributed by atoms with Crippen LogP contribution in [0.1, 0.15) is 12.5 Å². The van der Waals surface area contributed by atoms with Gasteiger partial charge in [-0.3, -0.25) is 14.5 Å². The Hall–Kier alpha value is -2.05. The fourth-order valence-corrected chi connectivity index (χ4v) is 2.90. The fraction of sp³-hybridized carbons (Fsp3) is 0.267. The number of amides is 4. The Morgan fingerprint density at radius 1 is 1.43 bits per heavy atom. The summed E-state index contributed by atoms with van der Waals surface area (Å²) in [5.41, 5.74) is -0.937. The SMILES string of the molecule is C=CCNC(=O)CN1C(=O)N[C@@](C)(c2ccc(Cl)cc2Cl)C1=O. The van der Waals surface area contributed by atoms with Crippen LogP contribution in [0, 0.1) is 0 Å². The molecule has 122 valence electrons. The van der Waals surface area contributed by atoms with E-state index in [-0.39, 0.29) is 18.1 Å². The number of nitrogens with zero attached hydrogens (tertiary/aromatic N) is 1. The van der Waals surface area contributed by atoms with Crippen LogP contribution < -0.4 is 10.6 Å². The normalized spacial score (nSPS) is 20.4. The molecule has 0 spiro atoms. The lowest BCUT2D eigenvalue weighted by molar-refractivity contribution is -0.134. The van der Waals surface area contributed by atoms with Crippen LogP contribution in [0.25, 0.3) is 0 Å². The first-order chi connectivity index (χ1) is 10.8. The van der Waals surface area contributed by atoms with Gasteiger partial charge in [-0.1, -0.05) is 35.3 Å². The number of imide groups is 1. The second-order valence-electron chi connectivity index (χ2n) is 5.16. The number of carbonyl (C=O) groups is 3. The van der Waals surface area contributed by atoms with E-state index in [9.17, 15) is 14.4 Å². The predicted octanol–water partition coefficient (Wildman–Crippen LogP) is 2.06. The van der Waals surface area contributed by atoms with E-state index >= 15 is 0 Å². The molecule has 1 aliphatic heterocycles. The number of rotatable bonds is 5. The minimum Gasteiger partial charge on any atom is -0.351 e. The van der Waals surface area contributed by atoms with Crippen molar-refractivity contribution < 1.29 is 14.4 Å². The van der Waals surface area contributed by atoms with E-state index in [1.165, 1.54) is 19.1 Å². The minimum absolute atomic E-state index is 0.253. The number of carbonyl (C=O) groups excluding carboxylic acids is 3. The molecule has 1 saturated heterocycles. The van der Waals surface area contributed by atoms with Crippen LogP contribution in [0.3, 0.4) is 0 Å². The average molecular weight is 356 g/mol. The van der Waals surface area contributed by atoms with Crippen LogP contribution in [-0.2, 0) is 15.1 Å². The van der Waals surface area contributed by atoms with Crippen molar-refractivity contribution in [2.24, 2.45) is 0 Å². The molecule has 23 heavy (non-hydrogen) atoms. The molecular weight excluding hydrogens is 341 g/mol. The largest absolute Gasteiger partial charge is 0.351 e. The van der Waals surface area contributed by atoms with E-state index in [1.807, 2.05) is 0 Å². The Morgan fingerprint density at radius 2 is 2.13 bits per heavy atom. The lowest BCUT2D eigenvalue weighted by Gasteiger charge is -2.23. The van der Waals surface area contributed by atoms with Crippen LogP contribution in [0.2, 0.25) is 10.0 Å². The summed E-state index contributed by atoms with van der Waals surface area (Å²) < 4.78 is 0. The van der Waals surface area contributed by atoms with Crippen molar-refractivity contribution in [3.05, 3.63) is 46.5 Å². The number of nitrogens with one attached hydrogen (secondary N) is 2. The molecule has 0 bridgehead atoms. The number of hydrogen-bond donors (Lipinski definition) is 2. The van der Waals surface area contributed by atoms with Crippen molar-refractivity contribution >= 4 is 41.0 Å². The number of benzene rings is 1. The lowest BCUT2D eigenvalue weighted by Crippen LogP contribution is -2.43. The molecule has 2 rings (SSSR count).